The Balaban J connectivity index is 1.04. The van der Waals surface area contributed by atoms with E-state index in [1.807, 2.05) is 24.0 Å². The van der Waals surface area contributed by atoms with Crippen molar-refractivity contribution in [3.05, 3.63) is 36.5 Å². The predicted molar refractivity (Wildman–Crippen MR) is 125 cm³/mol. The molecule has 3 aromatic rings. The van der Waals surface area contributed by atoms with Crippen LogP contribution in [0.25, 0.3) is 22.2 Å². The van der Waals surface area contributed by atoms with Crippen molar-refractivity contribution < 1.29 is 4.74 Å². The molecule has 4 heterocycles. The van der Waals surface area contributed by atoms with Gasteiger partial charge in [0, 0.05) is 63.1 Å². The summed E-state index contributed by atoms with van der Waals surface area (Å²) in [7, 11) is 1.95. The normalized spacial score (nSPS) is 26.6. The summed E-state index contributed by atoms with van der Waals surface area (Å²) < 4.78 is 7.36. The minimum atomic E-state index is 0.516. The largest absolute Gasteiger partial charge is 0.381 e. The van der Waals surface area contributed by atoms with Crippen LogP contribution >= 0.6 is 0 Å². The molecule has 7 nitrogen and oxygen atoms in total. The molecule has 0 amide bonds. The summed E-state index contributed by atoms with van der Waals surface area (Å²) in [5.41, 5.74) is 2.97. The summed E-state index contributed by atoms with van der Waals surface area (Å²) in [6.07, 6.45) is 7.00. The molecule has 1 aliphatic carbocycles. The first kappa shape index (κ1) is 20.1. The van der Waals surface area contributed by atoms with Crippen molar-refractivity contribution in [2.24, 2.45) is 24.8 Å². The van der Waals surface area contributed by atoms with Gasteiger partial charge >= 0.3 is 0 Å². The lowest BCUT2D eigenvalue weighted by Crippen LogP contribution is -2.32. The van der Waals surface area contributed by atoms with Crippen LogP contribution in [0.2, 0.25) is 0 Å². The van der Waals surface area contributed by atoms with Gasteiger partial charge in [-0.1, -0.05) is 6.07 Å². The lowest BCUT2D eigenvalue weighted by Gasteiger charge is -2.27. The lowest BCUT2D eigenvalue weighted by atomic mass is 10.00. The van der Waals surface area contributed by atoms with E-state index in [1.165, 1.54) is 45.3 Å². The first-order chi connectivity index (χ1) is 15.7. The third kappa shape index (κ3) is 4.11. The molecule has 2 atom stereocenters. The van der Waals surface area contributed by atoms with Gasteiger partial charge in [-0.25, -0.2) is 0 Å². The van der Waals surface area contributed by atoms with Crippen LogP contribution in [0.4, 0.5) is 5.82 Å². The van der Waals surface area contributed by atoms with Crippen molar-refractivity contribution in [1.29, 1.82) is 0 Å². The highest BCUT2D eigenvalue weighted by Crippen LogP contribution is 2.39. The molecule has 2 saturated heterocycles. The fraction of sp³-hybridized carbons (Fsp3) is 0.560. The van der Waals surface area contributed by atoms with Crippen LogP contribution in [0.15, 0.2) is 36.5 Å². The number of aromatic nitrogens is 4. The maximum Gasteiger partial charge on any atom is 0.148 e. The van der Waals surface area contributed by atoms with Crippen molar-refractivity contribution in [2.75, 3.05) is 38.2 Å². The standard InChI is InChI=1S/C25H32N6O/c1-30-14-21-10-18(2-3-24(21)29-30)23-4-5-25(28-27-23)26-22-11-19-15-31(16-20(19)12-22)13-17-6-8-32-9-7-17/h2-5,10,14,17,19-20,22H,6-9,11-13,15-16H2,1H3,(H,26,28). The van der Waals surface area contributed by atoms with E-state index in [-0.39, 0.29) is 0 Å². The van der Waals surface area contributed by atoms with Gasteiger partial charge in [0.05, 0.1) is 11.2 Å². The number of nitrogens with one attached hydrogen (secondary N) is 1. The second-order valence-corrected chi connectivity index (χ2v) is 9.99. The molecule has 0 bridgehead atoms. The van der Waals surface area contributed by atoms with Crippen molar-refractivity contribution in [3.8, 4) is 11.3 Å². The number of nitrogens with zero attached hydrogens (tertiary/aromatic N) is 5. The third-order valence-electron chi connectivity index (χ3n) is 7.62. The van der Waals surface area contributed by atoms with Gasteiger partial charge in [-0.2, -0.15) is 5.10 Å². The molecule has 168 valence electrons. The number of fused-ring (bicyclic) bond motifs is 2. The molecule has 6 rings (SSSR count). The highest BCUT2D eigenvalue weighted by molar-refractivity contribution is 5.83. The molecule has 32 heavy (non-hydrogen) atoms. The van der Waals surface area contributed by atoms with Crippen LogP contribution in [0.5, 0.6) is 0 Å². The molecule has 1 saturated carbocycles. The lowest BCUT2D eigenvalue weighted by molar-refractivity contribution is 0.0545. The van der Waals surface area contributed by atoms with Crippen molar-refractivity contribution >= 4 is 16.7 Å². The zero-order valence-corrected chi connectivity index (χ0v) is 18.8. The number of likely N-dealkylation sites (tertiary alicyclic amines) is 1. The molecule has 3 fully saturated rings. The Morgan fingerprint density at radius 3 is 2.59 bits per heavy atom. The summed E-state index contributed by atoms with van der Waals surface area (Å²) in [6, 6.07) is 10.9. The Morgan fingerprint density at radius 1 is 1.03 bits per heavy atom. The average Bonchev–Trinajstić information content (AvgIpc) is 3.46. The fourth-order valence-electron chi connectivity index (χ4n) is 6.04. The Labute approximate surface area is 189 Å². The number of aryl methyl sites for hydroxylation is 1. The molecular weight excluding hydrogens is 400 g/mol. The SMILES string of the molecule is Cn1cc2cc(-c3ccc(NC4CC5CN(CC6CCOCC6)CC5C4)nn3)ccc2n1. The molecule has 0 radical (unpaired) electrons. The second kappa shape index (κ2) is 8.45. The van der Waals surface area contributed by atoms with Crippen LogP contribution < -0.4 is 5.32 Å². The monoisotopic (exact) mass is 432 g/mol. The number of hydrogen-bond donors (Lipinski definition) is 1. The maximum atomic E-state index is 5.52. The topological polar surface area (TPSA) is 68.1 Å². The summed E-state index contributed by atoms with van der Waals surface area (Å²) in [6.45, 7) is 5.71. The number of hydrogen-bond acceptors (Lipinski definition) is 6. The highest BCUT2D eigenvalue weighted by atomic mass is 16.5. The van der Waals surface area contributed by atoms with E-state index in [0.717, 1.165) is 58.9 Å². The predicted octanol–water partition coefficient (Wildman–Crippen LogP) is 3.58. The van der Waals surface area contributed by atoms with E-state index in [4.69, 9.17) is 4.74 Å². The van der Waals surface area contributed by atoms with Crippen LogP contribution in [0.3, 0.4) is 0 Å². The third-order valence-corrected chi connectivity index (χ3v) is 7.62. The summed E-state index contributed by atoms with van der Waals surface area (Å²) in [5.74, 6) is 3.38. The number of rotatable bonds is 5. The number of benzene rings is 1. The molecular formula is C25H32N6O. The number of ether oxygens (including phenoxy) is 1. The summed E-state index contributed by atoms with van der Waals surface area (Å²) in [4.78, 5) is 2.72. The van der Waals surface area contributed by atoms with Gasteiger partial charge in [-0.3, -0.25) is 4.68 Å². The van der Waals surface area contributed by atoms with Crippen LogP contribution in [0, 0.1) is 17.8 Å². The van der Waals surface area contributed by atoms with Crippen LogP contribution in [-0.2, 0) is 11.8 Å². The van der Waals surface area contributed by atoms with E-state index in [0.29, 0.717) is 6.04 Å². The van der Waals surface area contributed by atoms with Crippen molar-refractivity contribution in [2.45, 2.75) is 31.7 Å². The van der Waals surface area contributed by atoms with Crippen LogP contribution in [-0.4, -0.2) is 63.8 Å². The Kier molecular flexibility index (Phi) is 5.31. The van der Waals surface area contributed by atoms with Crippen LogP contribution in [0.1, 0.15) is 25.7 Å². The molecule has 2 unspecified atom stereocenters. The average molecular weight is 433 g/mol. The van der Waals surface area contributed by atoms with Gasteiger partial charge in [0.25, 0.3) is 0 Å². The van der Waals surface area contributed by atoms with Gasteiger partial charge in [-0.15, -0.1) is 10.2 Å². The molecule has 2 aliphatic heterocycles. The van der Waals surface area contributed by atoms with Gasteiger partial charge in [0.2, 0.25) is 0 Å². The Hall–Kier alpha value is -2.51. The minimum absolute atomic E-state index is 0.516. The number of anilines is 1. The Bertz CT molecular complexity index is 1060. The first-order valence-electron chi connectivity index (χ1n) is 12.0. The highest BCUT2D eigenvalue weighted by Gasteiger charge is 2.41. The zero-order valence-electron chi connectivity index (χ0n) is 18.8. The smallest absolute Gasteiger partial charge is 0.148 e. The van der Waals surface area contributed by atoms with E-state index < -0.39 is 0 Å². The molecule has 0 spiro atoms. The molecule has 7 heteroatoms. The quantitative estimate of drug-likeness (QED) is 0.665. The zero-order chi connectivity index (χ0) is 21.5. The van der Waals surface area contributed by atoms with Gasteiger partial charge in [-0.05, 0) is 67.7 Å². The van der Waals surface area contributed by atoms with E-state index >= 15 is 0 Å². The second-order valence-electron chi connectivity index (χ2n) is 9.99. The summed E-state index contributed by atoms with van der Waals surface area (Å²) >= 11 is 0. The van der Waals surface area contributed by atoms with Crippen molar-refractivity contribution in [1.82, 2.24) is 24.9 Å². The maximum absolute atomic E-state index is 5.52. The molecule has 2 aromatic heterocycles. The Morgan fingerprint density at radius 2 is 1.84 bits per heavy atom. The van der Waals surface area contributed by atoms with Gasteiger partial charge < -0.3 is 15.0 Å². The molecule has 1 N–H and O–H groups in total. The van der Waals surface area contributed by atoms with Gasteiger partial charge in [0.15, 0.2) is 0 Å². The minimum Gasteiger partial charge on any atom is -0.381 e. The molecule has 3 aliphatic rings. The van der Waals surface area contributed by atoms with Crippen molar-refractivity contribution in [3.63, 3.8) is 0 Å². The van der Waals surface area contributed by atoms with E-state index in [9.17, 15) is 0 Å². The van der Waals surface area contributed by atoms with E-state index in [2.05, 4.69) is 49.8 Å². The fourth-order valence-corrected chi connectivity index (χ4v) is 6.04. The first-order valence-corrected chi connectivity index (χ1v) is 12.0. The van der Waals surface area contributed by atoms with E-state index in [1.54, 1.807) is 0 Å². The summed E-state index contributed by atoms with van der Waals surface area (Å²) in [5, 5.41) is 18.2. The molecule has 1 aromatic carbocycles. The van der Waals surface area contributed by atoms with Gasteiger partial charge in [0.1, 0.15) is 5.82 Å².